The topological polar surface area (TPSA) is 67.4 Å². The summed E-state index contributed by atoms with van der Waals surface area (Å²) in [7, 11) is 0. The minimum Gasteiger partial charge on any atom is -0.494 e. The van der Waals surface area contributed by atoms with Crippen LogP contribution in [0.3, 0.4) is 0 Å². The zero-order chi connectivity index (χ0) is 16.1. The number of hydrazine groups is 1. The normalized spacial score (nSPS) is 10.1. The number of amides is 2. The van der Waals surface area contributed by atoms with Gasteiger partial charge in [-0.1, -0.05) is 23.2 Å². The molecule has 116 valence electrons. The van der Waals surface area contributed by atoms with E-state index in [1.54, 1.807) is 24.3 Å². The van der Waals surface area contributed by atoms with Gasteiger partial charge in [-0.05, 0) is 37.3 Å². The fourth-order valence-electron chi connectivity index (χ4n) is 1.62. The van der Waals surface area contributed by atoms with Crippen molar-refractivity contribution in [1.82, 2.24) is 10.9 Å². The summed E-state index contributed by atoms with van der Waals surface area (Å²) in [5.41, 5.74) is 5.19. The summed E-state index contributed by atoms with van der Waals surface area (Å²) in [5, 5.41) is 0. The largest absolute Gasteiger partial charge is 0.494 e. The van der Waals surface area contributed by atoms with E-state index in [0.717, 1.165) is 11.3 Å². The molecule has 0 saturated carbocycles. The van der Waals surface area contributed by atoms with Crippen molar-refractivity contribution in [3.8, 4) is 5.75 Å². The van der Waals surface area contributed by atoms with Crippen LogP contribution in [0.2, 0.25) is 8.67 Å². The van der Waals surface area contributed by atoms with Gasteiger partial charge in [0.05, 0.1) is 16.5 Å². The lowest BCUT2D eigenvalue weighted by Crippen LogP contribution is -2.41. The van der Waals surface area contributed by atoms with E-state index in [-0.39, 0.29) is 9.90 Å². The van der Waals surface area contributed by atoms with E-state index in [2.05, 4.69) is 10.9 Å². The summed E-state index contributed by atoms with van der Waals surface area (Å²) in [5.74, 6) is -0.316. The molecule has 0 aliphatic heterocycles. The van der Waals surface area contributed by atoms with Crippen LogP contribution >= 0.6 is 34.5 Å². The second-order valence-electron chi connectivity index (χ2n) is 4.10. The average molecular weight is 359 g/mol. The van der Waals surface area contributed by atoms with Crippen molar-refractivity contribution in [3.63, 3.8) is 0 Å². The van der Waals surface area contributed by atoms with E-state index in [1.807, 2.05) is 6.92 Å². The molecule has 2 aromatic rings. The van der Waals surface area contributed by atoms with E-state index >= 15 is 0 Å². The van der Waals surface area contributed by atoms with Crippen LogP contribution in [0.5, 0.6) is 5.75 Å². The highest BCUT2D eigenvalue weighted by Gasteiger charge is 2.15. The number of hydrogen-bond acceptors (Lipinski definition) is 4. The summed E-state index contributed by atoms with van der Waals surface area (Å²) in [6.45, 7) is 2.42. The first-order chi connectivity index (χ1) is 10.5. The van der Waals surface area contributed by atoms with Gasteiger partial charge in [-0.15, -0.1) is 11.3 Å². The predicted molar refractivity (Wildman–Crippen MR) is 86.9 cm³/mol. The number of halogens is 2. The van der Waals surface area contributed by atoms with Crippen LogP contribution in [0.25, 0.3) is 0 Å². The van der Waals surface area contributed by atoms with Crippen LogP contribution in [0.1, 0.15) is 27.6 Å². The molecule has 2 N–H and O–H groups in total. The first-order valence-electron chi connectivity index (χ1n) is 6.29. The Morgan fingerprint density at radius 3 is 2.32 bits per heavy atom. The maximum absolute atomic E-state index is 11.9. The molecule has 2 amide bonds. The van der Waals surface area contributed by atoms with Gasteiger partial charge in [0.2, 0.25) is 0 Å². The van der Waals surface area contributed by atoms with Gasteiger partial charge in [-0.2, -0.15) is 0 Å². The minimum atomic E-state index is -0.535. The van der Waals surface area contributed by atoms with Crippen molar-refractivity contribution in [2.24, 2.45) is 0 Å². The zero-order valence-electron chi connectivity index (χ0n) is 11.5. The molecule has 1 heterocycles. The van der Waals surface area contributed by atoms with Gasteiger partial charge in [-0.3, -0.25) is 20.4 Å². The first-order valence-corrected chi connectivity index (χ1v) is 7.87. The first kappa shape index (κ1) is 16.6. The number of ether oxygens (including phenoxy) is 1. The Balaban J connectivity index is 1.94. The molecule has 1 aromatic heterocycles. The monoisotopic (exact) mass is 358 g/mol. The van der Waals surface area contributed by atoms with Crippen LogP contribution < -0.4 is 15.6 Å². The van der Waals surface area contributed by atoms with Gasteiger partial charge in [0.15, 0.2) is 0 Å². The Labute approximate surface area is 141 Å². The van der Waals surface area contributed by atoms with E-state index in [9.17, 15) is 9.59 Å². The van der Waals surface area contributed by atoms with Crippen LogP contribution in [0, 0.1) is 0 Å². The van der Waals surface area contributed by atoms with Gasteiger partial charge in [-0.25, -0.2) is 0 Å². The average Bonchev–Trinajstić information content (AvgIpc) is 2.84. The number of hydrogen-bond donors (Lipinski definition) is 2. The third-order valence-electron chi connectivity index (χ3n) is 2.62. The van der Waals surface area contributed by atoms with Gasteiger partial charge < -0.3 is 4.74 Å². The van der Waals surface area contributed by atoms with Crippen LogP contribution in [0.4, 0.5) is 0 Å². The molecule has 0 aliphatic carbocycles. The summed E-state index contributed by atoms with van der Waals surface area (Å²) in [6.07, 6.45) is 0. The summed E-state index contributed by atoms with van der Waals surface area (Å²) in [4.78, 5) is 23.8. The standard InChI is InChI=1S/C14H12Cl2N2O3S/c1-2-21-9-5-3-8(4-6-9)13(19)17-18-14(20)10-7-11(15)22-12(10)16/h3-7H,2H2,1H3,(H,17,19)(H,18,20). The highest BCUT2D eigenvalue weighted by atomic mass is 35.5. The number of thiophene rings is 1. The molecule has 0 bridgehead atoms. The van der Waals surface area contributed by atoms with Crippen LogP contribution in [-0.2, 0) is 0 Å². The molecule has 0 fully saturated rings. The molecule has 0 saturated heterocycles. The van der Waals surface area contributed by atoms with Crippen molar-refractivity contribution in [2.75, 3.05) is 6.61 Å². The van der Waals surface area contributed by atoms with Crippen LogP contribution in [0.15, 0.2) is 30.3 Å². The van der Waals surface area contributed by atoms with E-state index in [1.165, 1.54) is 6.07 Å². The fourth-order valence-corrected chi connectivity index (χ4v) is 3.08. The van der Waals surface area contributed by atoms with Crippen molar-refractivity contribution in [2.45, 2.75) is 6.92 Å². The maximum atomic E-state index is 11.9. The Morgan fingerprint density at radius 1 is 1.14 bits per heavy atom. The summed E-state index contributed by atoms with van der Waals surface area (Å²) < 4.78 is 5.94. The summed E-state index contributed by atoms with van der Waals surface area (Å²) >= 11 is 12.7. The highest BCUT2D eigenvalue weighted by molar-refractivity contribution is 7.20. The van der Waals surface area contributed by atoms with Crippen molar-refractivity contribution < 1.29 is 14.3 Å². The Morgan fingerprint density at radius 2 is 1.77 bits per heavy atom. The SMILES string of the molecule is CCOc1ccc(C(=O)NNC(=O)c2cc(Cl)sc2Cl)cc1. The molecular weight excluding hydrogens is 347 g/mol. The second kappa shape index (κ2) is 7.49. The Hall–Kier alpha value is -1.76. The number of nitrogens with one attached hydrogen (secondary N) is 2. The number of carbonyl (C=O) groups is 2. The molecular formula is C14H12Cl2N2O3S. The molecule has 1 aromatic carbocycles. The molecule has 5 nitrogen and oxygen atoms in total. The molecule has 2 rings (SSSR count). The van der Waals surface area contributed by atoms with Gasteiger partial charge in [0.25, 0.3) is 11.8 Å². The molecule has 22 heavy (non-hydrogen) atoms. The number of rotatable bonds is 4. The molecule has 0 aliphatic rings. The van der Waals surface area contributed by atoms with Crippen molar-refractivity contribution in [1.29, 1.82) is 0 Å². The second-order valence-corrected chi connectivity index (χ2v) is 6.39. The molecule has 0 radical (unpaired) electrons. The lowest BCUT2D eigenvalue weighted by atomic mass is 10.2. The van der Waals surface area contributed by atoms with E-state index < -0.39 is 11.8 Å². The summed E-state index contributed by atoms with van der Waals surface area (Å²) in [6, 6.07) is 7.99. The maximum Gasteiger partial charge on any atom is 0.272 e. The van der Waals surface area contributed by atoms with Gasteiger partial charge in [0.1, 0.15) is 10.1 Å². The minimum absolute atomic E-state index is 0.212. The van der Waals surface area contributed by atoms with Gasteiger partial charge in [0, 0.05) is 5.56 Å². The third kappa shape index (κ3) is 4.13. The van der Waals surface area contributed by atoms with Crippen molar-refractivity contribution in [3.05, 3.63) is 50.1 Å². The molecule has 8 heteroatoms. The smallest absolute Gasteiger partial charge is 0.272 e. The quantitative estimate of drug-likeness (QED) is 0.821. The lowest BCUT2D eigenvalue weighted by molar-refractivity contribution is 0.0847. The molecule has 0 spiro atoms. The third-order valence-corrected chi connectivity index (χ3v) is 4.11. The lowest BCUT2D eigenvalue weighted by Gasteiger charge is -2.08. The number of carbonyl (C=O) groups excluding carboxylic acids is 2. The Kier molecular flexibility index (Phi) is 5.65. The molecule has 0 atom stereocenters. The van der Waals surface area contributed by atoms with Crippen LogP contribution in [-0.4, -0.2) is 18.4 Å². The Bertz CT molecular complexity index is 686. The van der Waals surface area contributed by atoms with Gasteiger partial charge >= 0.3 is 0 Å². The highest BCUT2D eigenvalue weighted by Crippen LogP contribution is 2.30. The molecule has 0 unspecified atom stereocenters. The number of benzene rings is 1. The zero-order valence-corrected chi connectivity index (χ0v) is 13.8. The van der Waals surface area contributed by atoms with E-state index in [0.29, 0.717) is 22.3 Å². The van der Waals surface area contributed by atoms with E-state index in [4.69, 9.17) is 27.9 Å². The fraction of sp³-hybridized carbons (Fsp3) is 0.143. The van der Waals surface area contributed by atoms with Crippen molar-refractivity contribution >= 4 is 46.4 Å². The predicted octanol–water partition coefficient (Wildman–Crippen LogP) is 3.53.